The van der Waals surface area contributed by atoms with Gasteiger partial charge in [0.2, 0.25) is 0 Å². The van der Waals surface area contributed by atoms with E-state index in [1.807, 2.05) is 12.3 Å². The number of ether oxygens (including phenoxy) is 1. The van der Waals surface area contributed by atoms with Crippen LogP contribution in [0, 0.1) is 0 Å². The largest absolute Gasteiger partial charge is 0.487 e. The zero-order valence-corrected chi connectivity index (χ0v) is 13.3. The number of rotatable bonds is 3. The van der Waals surface area contributed by atoms with E-state index in [2.05, 4.69) is 35.1 Å². The van der Waals surface area contributed by atoms with Crippen LogP contribution in [0.2, 0.25) is 0 Å². The zero-order valence-electron chi connectivity index (χ0n) is 13.3. The Morgan fingerprint density at radius 1 is 1.29 bits per heavy atom. The van der Waals surface area contributed by atoms with Crippen LogP contribution in [-0.2, 0) is 0 Å². The van der Waals surface area contributed by atoms with Crippen molar-refractivity contribution < 1.29 is 4.74 Å². The molecule has 2 heterocycles. The molecule has 2 fully saturated rings. The van der Waals surface area contributed by atoms with E-state index in [0.29, 0.717) is 0 Å². The number of hydrogen-bond acceptors (Lipinski definition) is 4. The molecule has 4 nitrogen and oxygen atoms in total. The molecule has 116 valence electrons. The molecule has 1 aromatic heterocycles. The summed E-state index contributed by atoms with van der Waals surface area (Å²) in [5.74, 6) is 1.97. The SMILES string of the molecule is CC(C)Oc1cccnc1N1CCNCC12CCCCC2. The Morgan fingerprint density at radius 2 is 2.10 bits per heavy atom. The van der Waals surface area contributed by atoms with Crippen molar-refractivity contribution in [2.24, 2.45) is 0 Å². The third kappa shape index (κ3) is 3.00. The minimum atomic E-state index is 0.179. The van der Waals surface area contributed by atoms with Gasteiger partial charge in [-0.15, -0.1) is 0 Å². The lowest BCUT2D eigenvalue weighted by Crippen LogP contribution is -2.62. The minimum Gasteiger partial charge on any atom is -0.487 e. The molecule has 1 aliphatic heterocycles. The summed E-state index contributed by atoms with van der Waals surface area (Å²) in [7, 11) is 0. The van der Waals surface area contributed by atoms with Crippen molar-refractivity contribution >= 4 is 5.82 Å². The Hall–Kier alpha value is -1.29. The average Bonchev–Trinajstić information content (AvgIpc) is 2.49. The third-order valence-electron chi connectivity index (χ3n) is 4.69. The number of nitrogens with one attached hydrogen (secondary N) is 1. The van der Waals surface area contributed by atoms with Crippen LogP contribution in [0.4, 0.5) is 5.82 Å². The predicted octanol–water partition coefficient (Wildman–Crippen LogP) is 2.98. The Labute approximate surface area is 127 Å². The Kier molecular flexibility index (Phi) is 4.34. The molecule has 0 aromatic carbocycles. The molecule has 0 unspecified atom stereocenters. The van der Waals surface area contributed by atoms with Crippen molar-refractivity contribution in [2.75, 3.05) is 24.5 Å². The quantitative estimate of drug-likeness (QED) is 0.928. The van der Waals surface area contributed by atoms with Crippen LogP contribution >= 0.6 is 0 Å². The molecule has 4 heteroatoms. The van der Waals surface area contributed by atoms with Crippen LogP contribution in [0.5, 0.6) is 5.75 Å². The third-order valence-corrected chi connectivity index (χ3v) is 4.69. The molecule has 1 aliphatic carbocycles. The van der Waals surface area contributed by atoms with Gasteiger partial charge in [0, 0.05) is 25.8 Å². The van der Waals surface area contributed by atoms with Gasteiger partial charge >= 0.3 is 0 Å². The van der Waals surface area contributed by atoms with Crippen molar-refractivity contribution in [2.45, 2.75) is 57.6 Å². The highest BCUT2D eigenvalue weighted by atomic mass is 16.5. The number of hydrogen-bond donors (Lipinski definition) is 1. The van der Waals surface area contributed by atoms with E-state index in [9.17, 15) is 0 Å². The molecule has 1 saturated heterocycles. The first-order chi connectivity index (χ1) is 10.2. The van der Waals surface area contributed by atoms with E-state index in [-0.39, 0.29) is 11.6 Å². The molecule has 0 bridgehead atoms. The zero-order chi connectivity index (χ0) is 14.7. The second kappa shape index (κ2) is 6.22. The summed E-state index contributed by atoms with van der Waals surface area (Å²) >= 11 is 0. The maximum atomic E-state index is 6.01. The smallest absolute Gasteiger partial charge is 0.171 e. The number of anilines is 1. The second-order valence-corrected chi connectivity index (χ2v) is 6.61. The van der Waals surface area contributed by atoms with E-state index in [4.69, 9.17) is 4.74 Å². The molecule has 1 saturated carbocycles. The van der Waals surface area contributed by atoms with Crippen molar-refractivity contribution in [3.8, 4) is 5.75 Å². The van der Waals surface area contributed by atoms with E-state index >= 15 is 0 Å². The first kappa shape index (κ1) is 14.6. The summed E-state index contributed by atoms with van der Waals surface area (Å²) in [5.41, 5.74) is 0.236. The lowest BCUT2D eigenvalue weighted by Gasteiger charge is -2.50. The molecule has 21 heavy (non-hydrogen) atoms. The molecule has 0 amide bonds. The molecule has 1 spiro atoms. The predicted molar refractivity (Wildman–Crippen MR) is 86.0 cm³/mol. The Morgan fingerprint density at radius 3 is 2.86 bits per heavy atom. The van der Waals surface area contributed by atoms with Crippen molar-refractivity contribution in [1.82, 2.24) is 10.3 Å². The normalized spacial score (nSPS) is 21.8. The number of pyridine rings is 1. The van der Waals surface area contributed by atoms with Gasteiger partial charge in [-0.2, -0.15) is 0 Å². The summed E-state index contributed by atoms with van der Waals surface area (Å²) < 4.78 is 6.01. The number of nitrogens with zero attached hydrogens (tertiary/aromatic N) is 2. The molecular weight excluding hydrogens is 262 g/mol. The summed E-state index contributed by atoms with van der Waals surface area (Å²) in [5, 5.41) is 3.60. The Balaban J connectivity index is 1.93. The van der Waals surface area contributed by atoms with Crippen LogP contribution in [-0.4, -0.2) is 36.3 Å². The van der Waals surface area contributed by atoms with Crippen LogP contribution in [0.1, 0.15) is 46.0 Å². The molecule has 1 N–H and O–H groups in total. The fraction of sp³-hybridized carbons (Fsp3) is 0.706. The highest BCUT2D eigenvalue weighted by Gasteiger charge is 2.41. The topological polar surface area (TPSA) is 37.4 Å². The summed E-state index contributed by atoms with van der Waals surface area (Å²) in [4.78, 5) is 7.21. The van der Waals surface area contributed by atoms with E-state index in [1.54, 1.807) is 0 Å². The van der Waals surface area contributed by atoms with Crippen molar-refractivity contribution in [3.05, 3.63) is 18.3 Å². The summed E-state index contributed by atoms with van der Waals surface area (Å²) in [6, 6.07) is 4.03. The molecule has 1 aromatic rings. The van der Waals surface area contributed by atoms with Gasteiger partial charge in [-0.3, -0.25) is 0 Å². The average molecular weight is 289 g/mol. The van der Waals surface area contributed by atoms with E-state index in [1.165, 1.54) is 32.1 Å². The van der Waals surface area contributed by atoms with Gasteiger partial charge in [0.05, 0.1) is 11.6 Å². The van der Waals surface area contributed by atoms with Gasteiger partial charge in [0.1, 0.15) is 0 Å². The standard InChI is InChI=1S/C17H27N3O/c1-14(2)21-15-7-6-10-19-16(15)20-12-11-18-13-17(20)8-4-3-5-9-17/h6-7,10,14,18H,3-5,8-9,11-13H2,1-2H3. The van der Waals surface area contributed by atoms with Gasteiger partial charge < -0.3 is 15.0 Å². The highest BCUT2D eigenvalue weighted by molar-refractivity contribution is 5.55. The van der Waals surface area contributed by atoms with Crippen molar-refractivity contribution in [1.29, 1.82) is 0 Å². The van der Waals surface area contributed by atoms with Gasteiger partial charge in [-0.1, -0.05) is 19.3 Å². The monoisotopic (exact) mass is 289 g/mol. The summed E-state index contributed by atoms with van der Waals surface area (Å²) in [6.45, 7) is 7.27. The first-order valence-corrected chi connectivity index (χ1v) is 8.31. The van der Waals surface area contributed by atoms with Gasteiger partial charge in [0.15, 0.2) is 11.6 Å². The van der Waals surface area contributed by atoms with Gasteiger partial charge in [-0.25, -0.2) is 4.98 Å². The van der Waals surface area contributed by atoms with Crippen LogP contribution in [0.3, 0.4) is 0 Å². The summed E-state index contributed by atoms with van der Waals surface area (Å²) in [6.07, 6.45) is 8.61. The number of piperazine rings is 1. The van der Waals surface area contributed by atoms with Gasteiger partial charge in [-0.05, 0) is 38.8 Å². The fourth-order valence-corrected chi connectivity index (χ4v) is 3.76. The lowest BCUT2D eigenvalue weighted by atomic mass is 9.79. The highest BCUT2D eigenvalue weighted by Crippen LogP contribution is 2.40. The second-order valence-electron chi connectivity index (χ2n) is 6.61. The van der Waals surface area contributed by atoms with E-state index in [0.717, 1.165) is 31.2 Å². The molecule has 3 rings (SSSR count). The maximum Gasteiger partial charge on any atom is 0.171 e. The van der Waals surface area contributed by atoms with Crippen molar-refractivity contribution in [3.63, 3.8) is 0 Å². The van der Waals surface area contributed by atoms with Crippen LogP contribution < -0.4 is 15.0 Å². The van der Waals surface area contributed by atoms with Crippen LogP contribution in [0.15, 0.2) is 18.3 Å². The minimum absolute atomic E-state index is 0.179. The lowest BCUT2D eigenvalue weighted by molar-refractivity contribution is 0.223. The van der Waals surface area contributed by atoms with Crippen LogP contribution in [0.25, 0.3) is 0 Å². The Bertz CT molecular complexity index is 461. The molecular formula is C17H27N3O. The number of aromatic nitrogens is 1. The van der Waals surface area contributed by atoms with E-state index < -0.39 is 0 Å². The molecule has 0 atom stereocenters. The molecule has 0 radical (unpaired) electrons. The fourth-order valence-electron chi connectivity index (χ4n) is 3.76. The first-order valence-electron chi connectivity index (χ1n) is 8.31. The molecule has 2 aliphatic rings. The maximum absolute atomic E-state index is 6.01. The van der Waals surface area contributed by atoms with Gasteiger partial charge in [0.25, 0.3) is 0 Å².